The van der Waals surface area contributed by atoms with Crippen LogP contribution in [0.15, 0.2) is 29.3 Å². The Morgan fingerprint density at radius 2 is 2.15 bits per heavy atom. The molecule has 3 rings (SSSR count). The van der Waals surface area contributed by atoms with Crippen molar-refractivity contribution in [2.24, 2.45) is 5.84 Å². The molecule has 2 heterocycles. The summed E-state index contributed by atoms with van der Waals surface area (Å²) in [5.74, 6) is 7.85. The van der Waals surface area contributed by atoms with Crippen LogP contribution in [0.3, 0.4) is 0 Å². The predicted molar refractivity (Wildman–Crippen MR) is 81.5 cm³/mol. The Balaban J connectivity index is 1.67. The molecule has 0 aliphatic carbocycles. The molecular weight excluding hydrogens is 294 g/mol. The van der Waals surface area contributed by atoms with Gasteiger partial charge < -0.3 is 9.47 Å². The van der Waals surface area contributed by atoms with E-state index in [2.05, 4.69) is 16.5 Å². The fourth-order valence-corrected chi connectivity index (χ4v) is 3.50. The van der Waals surface area contributed by atoms with Crippen LogP contribution in [0.1, 0.15) is 11.3 Å². The van der Waals surface area contributed by atoms with E-state index in [0.29, 0.717) is 6.61 Å². The highest BCUT2D eigenvalue weighted by Crippen LogP contribution is 2.35. The number of nitrogens with one attached hydrogen (secondary N) is 1. The van der Waals surface area contributed by atoms with Crippen molar-refractivity contribution in [3.63, 3.8) is 0 Å². The number of rotatable bonds is 4. The van der Waals surface area contributed by atoms with Crippen LogP contribution >= 0.6 is 23.1 Å². The number of nitrogen functional groups attached to an aromatic ring is 1. The van der Waals surface area contributed by atoms with Gasteiger partial charge in [-0.25, -0.2) is 10.8 Å². The summed E-state index contributed by atoms with van der Waals surface area (Å²) >= 11 is 3.30. The van der Waals surface area contributed by atoms with Crippen molar-refractivity contribution in [3.8, 4) is 11.5 Å². The van der Waals surface area contributed by atoms with Gasteiger partial charge >= 0.3 is 0 Å². The second-order valence-corrected chi connectivity index (χ2v) is 6.39. The normalized spacial score (nSPS) is 13.8. The molecule has 1 aliphatic rings. The van der Waals surface area contributed by atoms with Gasteiger partial charge in [-0.05, 0) is 18.2 Å². The molecule has 0 saturated heterocycles. The van der Waals surface area contributed by atoms with E-state index in [4.69, 9.17) is 15.3 Å². The van der Waals surface area contributed by atoms with Crippen molar-refractivity contribution in [3.05, 3.63) is 29.3 Å². The Morgan fingerprint density at radius 1 is 1.30 bits per heavy atom. The number of thiazole rings is 1. The quantitative estimate of drug-likeness (QED) is 0.514. The number of aromatic nitrogens is 1. The third-order valence-electron chi connectivity index (χ3n) is 2.78. The van der Waals surface area contributed by atoms with E-state index in [1.165, 1.54) is 4.88 Å². The molecule has 0 unspecified atom stereocenters. The summed E-state index contributed by atoms with van der Waals surface area (Å²) in [6, 6.07) is 6.07. The molecule has 106 valence electrons. The Bertz CT molecular complexity index is 589. The average molecular weight is 309 g/mol. The van der Waals surface area contributed by atoms with Crippen molar-refractivity contribution in [1.29, 1.82) is 0 Å². The third-order valence-corrected chi connectivity index (χ3v) is 4.93. The van der Waals surface area contributed by atoms with Crippen molar-refractivity contribution in [2.45, 2.75) is 17.1 Å². The van der Waals surface area contributed by atoms with Crippen LogP contribution < -0.4 is 20.7 Å². The van der Waals surface area contributed by atoms with E-state index >= 15 is 0 Å². The number of ether oxygens (including phenoxy) is 2. The maximum Gasteiger partial charge on any atom is 0.197 e. The van der Waals surface area contributed by atoms with Gasteiger partial charge in [-0.1, -0.05) is 0 Å². The summed E-state index contributed by atoms with van der Waals surface area (Å²) in [4.78, 5) is 6.49. The Kier molecular flexibility index (Phi) is 4.29. The second kappa shape index (κ2) is 6.34. The van der Waals surface area contributed by atoms with E-state index < -0.39 is 0 Å². The number of thioether (sulfide) groups is 1. The number of hydrogen-bond acceptors (Lipinski definition) is 7. The van der Waals surface area contributed by atoms with Gasteiger partial charge in [0.1, 0.15) is 0 Å². The average Bonchev–Trinajstić information content (AvgIpc) is 2.82. The molecule has 0 radical (unpaired) electrons. The standard InChI is InChI=1S/C13H15N3O2S2/c14-16-13-15-7-10(20-13)8-19-9-2-3-11-12(6-9)18-5-1-4-17-11/h2-3,6-7H,1,4-5,8,14H2,(H,15,16). The molecule has 3 N–H and O–H groups in total. The summed E-state index contributed by atoms with van der Waals surface area (Å²) in [5, 5.41) is 0.735. The predicted octanol–water partition coefficient (Wildman–Crippen LogP) is 2.88. The molecule has 7 heteroatoms. The number of hydrazine groups is 1. The maximum absolute atomic E-state index is 5.69. The molecule has 2 aromatic rings. The smallest absolute Gasteiger partial charge is 0.197 e. The third kappa shape index (κ3) is 3.17. The summed E-state index contributed by atoms with van der Waals surface area (Å²) in [7, 11) is 0. The molecule has 0 atom stereocenters. The zero-order valence-corrected chi connectivity index (χ0v) is 12.4. The Labute approximate surface area is 125 Å². The fourth-order valence-electron chi connectivity index (χ4n) is 1.83. The van der Waals surface area contributed by atoms with Crippen LogP contribution in [0.25, 0.3) is 0 Å². The lowest BCUT2D eigenvalue weighted by Gasteiger charge is -2.08. The highest BCUT2D eigenvalue weighted by molar-refractivity contribution is 7.98. The fraction of sp³-hybridized carbons (Fsp3) is 0.308. The maximum atomic E-state index is 5.69. The molecule has 1 aliphatic heterocycles. The van der Waals surface area contributed by atoms with Gasteiger partial charge in [0, 0.05) is 28.1 Å². The first kappa shape index (κ1) is 13.5. The summed E-state index contributed by atoms with van der Waals surface area (Å²) in [6.07, 6.45) is 2.77. The zero-order chi connectivity index (χ0) is 13.8. The molecule has 1 aromatic heterocycles. The topological polar surface area (TPSA) is 69.4 Å². The number of anilines is 1. The number of fused-ring (bicyclic) bond motifs is 1. The number of benzene rings is 1. The van der Waals surface area contributed by atoms with Crippen LogP contribution in [0.2, 0.25) is 0 Å². The first-order valence-corrected chi connectivity index (χ1v) is 8.09. The van der Waals surface area contributed by atoms with Gasteiger partial charge in [-0.2, -0.15) is 0 Å². The van der Waals surface area contributed by atoms with E-state index in [-0.39, 0.29) is 0 Å². The molecule has 0 spiro atoms. The summed E-state index contributed by atoms with van der Waals surface area (Å²) in [5.41, 5.74) is 2.56. The van der Waals surface area contributed by atoms with Gasteiger partial charge in [0.2, 0.25) is 0 Å². The van der Waals surface area contributed by atoms with Gasteiger partial charge in [0.05, 0.1) is 13.2 Å². The molecule has 5 nitrogen and oxygen atoms in total. The van der Waals surface area contributed by atoms with E-state index in [0.717, 1.165) is 40.3 Å². The number of nitrogens with two attached hydrogens (primary N) is 1. The van der Waals surface area contributed by atoms with Crippen molar-refractivity contribution >= 4 is 28.2 Å². The van der Waals surface area contributed by atoms with Crippen molar-refractivity contribution in [2.75, 3.05) is 18.6 Å². The SMILES string of the molecule is NNc1ncc(CSc2ccc3c(c2)OCCCO3)s1. The van der Waals surface area contributed by atoms with E-state index in [9.17, 15) is 0 Å². The monoisotopic (exact) mass is 309 g/mol. The molecule has 20 heavy (non-hydrogen) atoms. The lowest BCUT2D eigenvalue weighted by Crippen LogP contribution is -2.05. The van der Waals surface area contributed by atoms with Crippen LogP contribution in [-0.2, 0) is 5.75 Å². The zero-order valence-electron chi connectivity index (χ0n) is 10.8. The molecule has 0 amide bonds. The second-order valence-electron chi connectivity index (χ2n) is 4.22. The lowest BCUT2D eigenvalue weighted by molar-refractivity contribution is 0.297. The minimum absolute atomic E-state index is 0.710. The lowest BCUT2D eigenvalue weighted by atomic mass is 10.3. The first-order valence-electron chi connectivity index (χ1n) is 6.29. The number of nitrogens with zero attached hydrogens (tertiary/aromatic N) is 1. The Morgan fingerprint density at radius 3 is 2.95 bits per heavy atom. The van der Waals surface area contributed by atoms with Gasteiger partial charge in [0.25, 0.3) is 0 Å². The van der Waals surface area contributed by atoms with Crippen LogP contribution in [-0.4, -0.2) is 18.2 Å². The van der Waals surface area contributed by atoms with Gasteiger partial charge in [-0.3, -0.25) is 5.43 Å². The molecule has 0 fully saturated rings. The highest BCUT2D eigenvalue weighted by atomic mass is 32.2. The van der Waals surface area contributed by atoms with Crippen LogP contribution in [0.5, 0.6) is 11.5 Å². The molecule has 0 bridgehead atoms. The van der Waals surface area contributed by atoms with Crippen LogP contribution in [0.4, 0.5) is 5.13 Å². The summed E-state index contributed by atoms with van der Waals surface area (Å²) < 4.78 is 11.3. The first-order chi connectivity index (χ1) is 9.85. The highest BCUT2D eigenvalue weighted by Gasteiger charge is 2.11. The molecule has 0 saturated carbocycles. The summed E-state index contributed by atoms with van der Waals surface area (Å²) in [6.45, 7) is 1.43. The van der Waals surface area contributed by atoms with Crippen molar-refractivity contribution in [1.82, 2.24) is 4.98 Å². The van der Waals surface area contributed by atoms with Crippen molar-refractivity contribution < 1.29 is 9.47 Å². The van der Waals surface area contributed by atoms with E-state index in [1.807, 2.05) is 18.3 Å². The largest absolute Gasteiger partial charge is 0.490 e. The molecule has 1 aromatic carbocycles. The van der Waals surface area contributed by atoms with Gasteiger partial charge in [0.15, 0.2) is 16.6 Å². The molecular formula is C13H15N3O2S2. The number of hydrogen-bond donors (Lipinski definition) is 2. The van der Waals surface area contributed by atoms with Gasteiger partial charge in [-0.15, -0.1) is 23.1 Å². The minimum atomic E-state index is 0.710. The Hall–Kier alpha value is -1.44. The van der Waals surface area contributed by atoms with Crippen LogP contribution in [0, 0.1) is 0 Å². The van der Waals surface area contributed by atoms with E-state index in [1.54, 1.807) is 23.1 Å². The minimum Gasteiger partial charge on any atom is -0.490 e.